The van der Waals surface area contributed by atoms with Crippen LogP contribution in [-0.4, -0.2) is 68.0 Å². The second-order valence-electron chi connectivity index (χ2n) is 8.73. The molecule has 3 rings (SSSR count). The number of benzene rings is 1. The summed E-state index contributed by atoms with van der Waals surface area (Å²) < 4.78 is 46.0. The summed E-state index contributed by atoms with van der Waals surface area (Å²) in [6.07, 6.45) is 6.91. The Bertz CT molecular complexity index is 867. The number of methoxy groups -OCH3 is 1. The van der Waals surface area contributed by atoms with Gasteiger partial charge in [-0.1, -0.05) is 32.3 Å². The van der Waals surface area contributed by atoms with Gasteiger partial charge in [-0.2, -0.15) is 4.31 Å². The molecule has 1 saturated carbocycles. The van der Waals surface area contributed by atoms with Crippen molar-refractivity contribution in [3.8, 4) is 5.75 Å². The zero-order chi connectivity index (χ0) is 22.5. The highest BCUT2D eigenvalue weighted by atomic mass is 35.5. The number of ether oxygens (including phenoxy) is 1. The van der Waals surface area contributed by atoms with Gasteiger partial charge in [0.25, 0.3) is 0 Å². The molecule has 0 N–H and O–H groups in total. The van der Waals surface area contributed by atoms with Crippen molar-refractivity contribution in [2.24, 2.45) is 0 Å². The fourth-order valence-corrected chi connectivity index (χ4v) is 6.67. The number of halogens is 2. The molecule has 0 unspecified atom stereocenters. The zero-order valence-electron chi connectivity index (χ0n) is 19.1. The van der Waals surface area contributed by atoms with Crippen molar-refractivity contribution in [1.82, 2.24) is 9.21 Å². The van der Waals surface area contributed by atoms with Crippen LogP contribution >= 0.6 is 12.4 Å². The first-order valence-electron chi connectivity index (χ1n) is 11.4. The summed E-state index contributed by atoms with van der Waals surface area (Å²) in [4.78, 5) is 15.3. The Labute approximate surface area is 197 Å². The van der Waals surface area contributed by atoms with Gasteiger partial charge in [0.05, 0.1) is 18.4 Å². The molecule has 1 aromatic rings. The molecular weight excluding hydrogens is 455 g/mol. The molecule has 32 heavy (non-hydrogen) atoms. The maximum atomic E-state index is 14.3. The SMILES string of the molecule is CCCS(=O)(=O)N1CCN(C2(CCC(=O)c3c(F)cccc3OC)CCCCC2)CC1.Cl. The molecule has 1 aliphatic carbocycles. The Morgan fingerprint density at radius 3 is 2.38 bits per heavy atom. The van der Waals surface area contributed by atoms with Gasteiger partial charge in [-0.25, -0.2) is 12.8 Å². The van der Waals surface area contributed by atoms with Crippen molar-refractivity contribution >= 4 is 28.2 Å². The number of hydrogen-bond acceptors (Lipinski definition) is 5. The van der Waals surface area contributed by atoms with E-state index in [0.29, 0.717) is 39.0 Å². The third-order valence-electron chi connectivity index (χ3n) is 6.84. The van der Waals surface area contributed by atoms with Gasteiger partial charge in [0.15, 0.2) is 5.78 Å². The summed E-state index contributed by atoms with van der Waals surface area (Å²) >= 11 is 0. The largest absolute Gasteiger partial charge is 0.496 e. The summed E-state index contributed by atoms with van der Waals surface area (Å²) in [6, 6.07) is 4.45. The highest BCUT2D eigenvalue weighted by Crippen LogP contribution is 2.39. The normalized spacial score (nSPS) is 19.8. The number of hydrogen-bond donors (Lipinski definition) is 0. The van der Waals surface area contributed by atoms with Gasteiger partial charge in [-0.15, -0.1) is 12.4 Å². The summed E-state index contributed by atoms with van der Waals surface area (Å²) in [5.74, 6) is -0.310. The van der Waals surface area contributed by atoms with Crippen LogP contribution in [0.25, 0.3) is 0 Å². The molecule has 1 aromatic carbocycles. The van der Waals surface area contributed by atoms with E-state index in [1.807, 2.05) is 6.92 Å². The summed E-state index contributed by atoms with van der Waals surface area (Å²) in [6.45, 7) is 4.24. The topological polar surface area (TPSA) is 66.9 Å². The monoisotopic (exact) mass is 490 g/mol. The average Bonchev–Trinajstić information content (AvgIpc) is 2.78. The van der Waals surface area contributed by atoms with Gasteiger partial charge in [-0.3, -0.25) is 9.69 Å². The van der Waals surface area contributed by atoms with Crippen molar-refractivity contribution in [2.75, 3.05) is 39.0 Å². The zero-order valence-corrected chi connectivity index (χ0v) is 20.8. The minimum atomic E-state index is -3.18. The number of piperazine rings is 1. The van der Waals surface area contributed by atoms with E-state index in [1.165, 1.54) is 19.6 Å². The minimum Gasteiger partial charge on any atom is -0.496 e. The number of nitrogens with zero attached hydrogens (tertiary/aromatic N) is 2. The molecule has 9 heteroatoms. The Morgan fingerprint density at radius 1 is 1.12 bits per heavy atom. The van der Waals surface area contributed by atoms with Gasteiger partial charge in [0.2, 0.25) is 10.0 Å². The van der Waals surface area contributed by atoms with Crippen LogP contribution in [0.2, 0.25) is 0 Å². The van der Waals surface area contributed by atoms with Crippen LogP contribution in [0.3, 0.4) is 0 Å². The number of Topliss-reactive ketones (excluding diaryl/α,β-unsaturated/α-hetero) is 1. The first-order valence-corrected chi connectivity index (χ1v) is 13.0. The van der Waals surface area contributed by atoms with E-state index in [2.05, 4.69) is 4.90 Å². The van der Waals surface area contributed by atoms with Gasteiger partial charge in [0, 0.05) is 38.1 Å². The molecule has 0 atom stereocenters. The smallest absolute Gasteiger partial charge is 0.214 e. The van der Waals surface area contributed by atoms with Gasteiger partial charge < -0.3 is 4.74 Å². The van der Waals surface area contributed by atoms with E-state index in [1.54, 1.807) is 16.4 Å². The Kier molecular flexibility index (Phi) is 9.94. The van der Waals surface area contributed by atoms with E-state index in [4.69, 9.17) is 4.74 Å². The second-order valence-corrected chi connectivity index (χ2v) is 10.8. The van der Waals surface area contributed by atoms with E-state index >= 15 is 0 Å². The van der Waals surface area contributed by atoms with Crippen LogP contribution in [0, 0.1) is 5.82 Å². The lowest BCUT2D eigenvalue weighted by Crippen LogP contribution is -2.58. The molecule has 182 valence electrons. The molecule has 1 saturated heterocycles. The van der Waals surface area contributed by atoms with E-state index in [-0.39, 0.29) is 47.2 Å². The minimum absolute atomic E-state index is 0. The van der Waals surface area contributed by atoms with Gasteiger partial charge >= 0.3 is 0 Å². The van der Waals surface area contributed by atoms with Crippen molar-refractivity contribution in [3.05, 3.63) is 29.6 Å². The van der Waals surface area contributed by atoms with Crippen molar-refractivity contribution in [1.29, 1.82) is 0 Å². The first-order chi connectivity index (χ1) is 14.8. The second kappa shape index (κ2) is 11.8. The van der Waals surface area contributed by atoms with E-state index in [0.717, 1.165) is 25.7 Å². The molecule has 0 spiro atoms. The van der Waals surface area contributed by atoms with Crippen LogP contribution in [0.15, 0.2) is 18.2 Å². The quantitative estimate of drug-likeness (QED) is 0.483. The Balaban J connectivity index is 0.00000363. The summed E-state index contributed by atoms with van der Waals surface area (Å²) in [7, 11) is -1.74. The highest BCUT2D eigenvalue weighted by Gasteiger charge is 2.40. The molecule has 2 fully saturated rings. The van der Waals surface area contributed by atoms with E-state index < -0.39 is 15.8 Å². The molecule has 1 heterocycles. The number of ketones is 1. The predicted molar refractivity (Wildman–Crippen MR) is 127 cm³/mol. The third kappa shape index (κ3) is 6.01. The first kappa shape index (κ1) is 27.0. The molecule has 1 aliphatic heterocycles. The maximum Gasteiger partial charge on any atom is 0.214 e. The molecule has 0 amide bonds. The molecule has 0 aromatic heterocycles. The molecular formula is C23H36ClFN2O4S. The van der Waals surface area contributed by atoms with Crippen LogP contribution in [0.1, 0.15) is 68.6 Å². The van der Waals surface area contributed by atoms with Gasteiger partial charge in [0.1, 0.15) is 11.6 Å². The molecule has 0 bridgehead atoms. The third-order valence-corrected chi connectivity index (χ3v) is 8.92. The van der Waals surface area contributed by atoms with Gasteiger partial charge in [-0.05, 0) is 37.8 Å². The fourth-order valence-electron chi connectivity index (χ4n) is 5.18. The van der Waals surface area contributed by atoms with Crippen molar-refractivity contribution in [2.45, 2.75) is 63.8 Å². The Morgan fingerprint density at radius 2 is 1.78 bits per heavy atom. The summed E-state index contributed by atoms with van der Waals surface area (Å²) in [5.41, 5.74) is -0.0843. The highest BCUT2D eigenvalue weighted by molar-refractivity contribution is 7.89. The van der Waals surface area contributed by atoms with Crippen LogP contribution in [0.4, 0.5) is 4.39 Å². The van der Waals surface area contributed by atoms with Crippen LogP contribution in [-0.2, 0) is 10.0 Å². The number of rotatable bonds is 9. The summed E-state index contributed by atoms with van der Waals surface area (Å²) in [5, 5.41) is 0. The standard InChI is InChI=1S/C23H35FN2O4S.ClH/c1-3-18-31(28,29)26-16-14-25(15-17-26)23(11-5-4-6-12-23)13-10-20(27)22-19(24)8-7-9-21(22)30-2;/h7-9H,3-6,10-18H2,1-2H3;1H. The lowest BCUT2D eigenvalue weighted by molar-refractivity contribution is 0.0165. The molecule has 6 nitrogen and oxygen atoms in total. The number of carbonyl (C=O) groups excluding carboxylic acids is 1. The van der Waals surface area contributed by atoms with Crippen molar-refractivity contribution in [3.63, 3.8) is 0 Å². The number of sulfonamides is 1. The lowest BCUT2D eigenvalue weighted by Gasteiger charge is -2.50. The predicted octanol–water partition coefficient (Wildman–Crippen LogP) is 4.28. The Hall–Kier alpha value is -1.22. The van der Waals surface area contributed by atoms with Crippen LogP contribution in [0.5, 0.6) is 5.75 Å². The number of carbonyl (C=O) groups is 1. The molecule has 2 aliphatic rings. The van der Waals surface area contributed by atoms with Crippen LogP contribution < -0.4 is 4.74 Å². The maximum absolute atomic E-state index is 14.3. The van der Waals surface area contributed by atoms with Crippen molar-refractivity contribution < 1.29 is 22.3 Å². The van der Waals surface area contributed by atoms with E-state index in [9.17, 15) is 17.6 Å². The molecule has 0 radical (unpaired) electrons. The lowest BCUT2D eigenvalue weighted by atomic mass is 9.76. The fraction of sp³-hybridized carbons (Fsp3) is 0.696. The average molecular weight is 491 g/mol.